The molecule has 0 radical (unpaired) electrons. The largest absolute Gasteiger partial charge is 0.495 e. The summed E-state index contributed by atoms with van der Waals surface area (Å²) in [6, 6.07) is 10.6. The number of para-hydroxylation sites is 2. The van der Waals surface area contributed by atoms with Crippen molar-refractivity contribution in [2.45, 2.75) is 13.5 Å². The highest BCUT2D eigenvalue weighted by atomic mass is 16.5. The first-order valence-electron chi connectivity index (χ1n) is 6.20. The highest BCUT2D eigenvalue weighted by Gasteiger charge is 2.11. The Kier molecular flexibility index (Phi) is 4.20. The lowest BCUT2D eigenvalue weighted by molar-refractivity contribution is -0.116. The van der Waals surface area contributed by atoms with Gasteiger partial charge in [0.05, 0.1) is 18.5 Å². The molecule has 0 aliphatic heterocycles. The second-order valence-electron chi connectivity index (χ2n) is 4.33. The minimum Gasteiger partial charge on any atom is -0.495 e. The Morgan fingerprint density at radius 3 is 2.65 bits per heavy atom. The first-order chi connectivity index (χ1) is 9.61. The summed E-state index contributed by atoms with van der Waals surface area (Å²) >= 11 is 0. The molecule has 0 spiro atoms. The van der Waals surface area contributed by atoms with E-state index in [4.69, 9.17) is 4.74 Å². The van der Waals surface area contributed by atoms with E-state index in [0.29, 0.717) is 17.1 Å². The van der Waals surface area contributed by atoms with Crippen LogP contribution in [0, 0.1) is 0 Å². The van der Waals surface area contributed by atoms with Crippen LogP contribution in [0.2, 0.25) is 0 Å². The number of ketones is 1. The molecular weight excluding hydrogens is 256 g/mol. The monoisotopic (exact) mass is 272 g/mol. The molecule has 1 aromatic carbocycles. The Bertz CT molecular complexity index is 632. The Morgan fingerprint density at radius 2 is 1.95 bits per heavy atom. The molecule has 0 aliphatic carbocycles. The lowest BCUT2D eigenvalue weighted by atomic mass is 10.3. The summed E-state index contributed by atoms with van der Waals surface area (Å²) in [7, 11) is 1.55. The van der Waals surface area contributed by atoms with Crippen LogP contribution in [0.15, 0.2) is 42.6 Å². The zero-order valence-corrected chi connectivity index (χ0v) is 11.4. The van der Waals surface area contributed by atoms with Crippen molar-refractivity contribution < 1.29 is 14.3 Å². The Hall–Kier alpha value is -2.56. The molecule has 5 nitrogen and oxygen atoms in total. The number of rotatable bonds is 5. The van der Waals surface area contributed by atoms with E-state index in [9.17, 15) is 9.59 Å². The topological polar surface area (TPSA) is 60.3 Å². The highest BCUT2D eigenvalue weighted by Crippen LogP contribution is 2.22. The molecule has 0 unspecified atom stereocenters. The molecule has 104 valence electrons. The summed E-state index contributed by atoms with van der Waals surface area (Å²) in [6.45, 7) is 1.56. The van der Waals surface area contributed by atoms with Gasteiger partial charge >= 0.3 is 0 Å². The van der Waals surface area contributed by atoms with E-state index in [1.54, 1.807) is 42.1 Å². The molecular formula is C15H16N2O3. The van der Waals surface area contributed by atoms with Gasteiger partial charge in [0.25, 0.3) is 0 Å². The maximum Gasteiger partial charge on any atom is 0.244 e. The lowest BCUT2D eigenvalue weighted by Crippen LogP contribution is -2.20. The molecule has 2 aromatic rings. The third-order valence-electron chi connectivity index (χ3n) is 2.89. The van der Waals surface area contributed by atoms with Gasteiger partial charge in [-0.1, -0.05) is 12.1 Å². The fourth-order valence-electron chi connectivity index (χ4n) is 1.96. The van der Waals surface area contributed by atoms with Gasteiger partial charge in [-0.3, -0.25) is 9.59 Å². The van der Waals surface area contributed by atoms with Gasteiger partial charge in [0.1, 0.15) is 12.3 Å². The van der Waals surface area contributed by atoms with Crippen LogP contribution in [0.4, 0.5) is 5.69 Å². The second kappa shape index (κ2) is 6.06. The molecule has 0 fully saturated rings. The molecule has 0 atom stereocenters. The fourth-order valence-corrected chi connectivity index (χ4v) is 1.96. The number of carbonyl (C=O) groups excluding carboxylic acids is 2. The quantitative estimate of drug-likeness (QED) is 0.850. The van der Waals surface area contributed by atoms with E-state index in [1.807, 2.05) is 12.1 Å². The average Bonchev–Trinajstić information content (AvgIpc) is 2.87. The van der Waals surface area contributed by atoms with Gasteiger partial charge in [-0.25, -0.2) is 0 Å². The smallest absolute Gasteiger partial charge is 0.244 e. The first kappa shape index (κ1) is 13.9. The van der Waals surface area contributed by atoms with Gasteiger partial charge in [0.2, 0.25) is 5.91 Å². The van der Waals surface area contributed by atoms with E-state index in [0.717, 1.165) is 0 Å². The molecule has 0 saturated carbocycles. The number of hydrogen-bond donors (Lipinski definition) is 1. The minimum atomic E-state index is -0.215. The number of amides is 1. The summed E-state index contributed by atoms with van der Waals surface area (Å²) in [5, 5.41) is 2.77. The van der Waals surface area contributed by atoms with E-state index in [2.05, 4.69) is 5.32 Å². The molecule has 1 heterocycles. The molecule has 2 rings (SSSR count). The predicted octanol–water partition coefficient (Wildman–Crippen LogP) is 2.34. The van der Waals surface area contributed by atoms with E-state index in [-0.39, 0.29) is 18.2 Å². The van der Waals surface area contributed by atoms with Crippen LogP contribution in [0.3, 0.4) is 0 Å². The summed E-state index contributed by atoms with van der Waals surface area (Å²) in [6.07, 6.45) is 1.71. The number of nitrogens with one attached hydrogen (secondary N) is 1. The molecule has 20 heavy (non-hydrogen) atoms. The van der Waals surface area contributed by atoms with Crippen LogP contribution >= 0.6 is 0 Å². The van der Waals surface area contributed by atoms with Gasteiger partial charge in [-0.2, -0.15) is 0 Å². The molecule has 1 N–H and O–H groups in total. The first-order valence-corrected chi connectivity index (χ1v) is 6.20. The van der Waals surface area contributed by atoms with Crippen molar-refractivity contribution in [1.29, 1.82) is 0 Å². The third-order valence-corrected chi connectivity index (χ3v) is 2.89. The van der Waals surface area contributed by atoms with Crippen LogP contribution in [-0.2, 0) is 11.3 Å². The predicted molar refractivity (Wildman–Crippen MR) is 76.1 cm³/mol. The molecule has 1 aromatic heterocycles. The highest BCUT2D eigenvalue weighted by molar-refractivity contribution is 5.95. The normalized spacial score (nSPS) is 10.1. The number of ether oxygens (including phenoxy) is 1. The molecule has 0 bridgehead atoms. The van der Waals surface area contributed by atoms with Crippen molar-refractivity contribution >= 4 is 17.4 Å². The number of anilines is 1. The number of hydrogen-bond acceptors (Lipinski definition) is 3. The standard InChI is InChI=1S/C15H16N2O3/c1-11(18)13-7-5-9-17(13)10-15(19)16-12-6-3-4-8-14(12)20-2/h3-9H,10H2,1-2H3,(H,16,19). The zero-order chi connectivity index (χ0) is 14.5. The number of Topliss-reactive ketones (excluding diaryl/α,β-unsaturated/α-hetero) is 1. The van der Waals surface area contributed by atoms with Crippen molar-refractivity contribution in [1.82, 2.24) is 4.57 Å². The number of benzene rings is 1. The van der Waals surface area contributed by atoms with Gasteiger partial charge < -0.3 is 14.6 Å². The van der Waals surface area contributed by atoms with Crippen LogP contribution in [0.5, 0.6) is 5.75 Å². The van der Waals surface area contributed by atoms with Crippen molar-refractivity contribution in [2.75, 3.05) is 12.4 Å². The second-order valence-corrected chi connectivity index (χ2v) is 4.33. The van der Waals surface area contributed by atoms with Crippen LogP contribution < -0.4 is 10.1 Å². The summed E-state index contributed by atoms with van der Waals surface area (Å²) in [5.74, 6) is 0.313. The Morgan fingerprint density at radius 1 is 1.20 bits per heavy atom. The molecule has 5 heteroatoms. The SMILES string of the molecule is COc1ccccc1NC(=O)Cn1cccc1C(C)=O. The van der Waals surface area contributed by atoms with E-state index < -0.39 is 0 Å². The van der Waals surface area contributed by atoms with Crippen molar-refractivity contribution in [2.24, 2.45) is 0 Å². The van der Waals surface area contributed by atoms with Gasteiger partial charge in [-0.05, 0) is 24.3 Å². The number of nitrogens with zero attached hydrogens (tertiary/aromatic N) is 1. The molecule has 1 amide bonds. The molecule has 0 saturated heterocycles. The third kappa shape index (κ3) is 3.06. The minimum absolute atomic E-state index is 0.0694. The molecule has 0 aliphatic rings. The average molecular weight is 272 g/mol. The van der Waals surface area contributed by atoms with Gasteiger partial charge in [0, 0.05) is 13.1 Å². The van der Waals surface area contributed by atoms with Crippen LogP contribution in [0.25, 0.3) is 0 Å². The van der Waals surface area contributed by atoms with Gasteiger partial charge in [0.15, 0.2) is 5.78 Å². The van der Waals surface area contributed by atoms with Gasteiger partial charge in [-0.15, -0.1) is 0 Å². The Labute approximate surface area is 117 Å². The fraction of sp³-hybridized carbons (Fsp3) is 0.200. The number of methoxy groups -OCH3 is 1. The van der Waals surface area contributed by atoms with E-state index in [1.165, 1.54) is 6.92 Å². The maximum atomic E-state index is 12.0. The van der Waals surface area contributed by atoms with Crippen molar-refractivity contribution in [3.63, 3.8) is 0 Å². The summed E-state index contributed by atoms with van der Waals surface area (Å²) in [5.41, 5.74) is 1.12. The maximum absolute atomic E-state index is 12.0. The number of aromatic nitrogens is 1. The Balaban J connectivity index is 2.09. The van der Waals surface area contributed by atoms with E-state index >= 15 is 0 Å². The number of carbonyl (C=O) groups is 2. The van der Waals surface area contributed by atoms with Crippen LogP contribution in [-0.4, -0.2) is 23.4 Å². The van der Waals surface area contributed by atoms with Crippen molar-refractivity contribution in [3.05, 3.63) is 48.3 Å². The summed E-state index contributed by atoms with van der Waals surface area (Å²) < 4.78 is 6.79. The van der Waals surface area contributed by atoms with Crippen molar-refractivity contribution in [3.8, 4) is 5.75 Å². The summed E-state index contributed by atoms with van der Waals surface area (Å²) in [4.78, 5) is 23.4. The lowest BCUT2D eigenvalue weighted by Gasteiger charge is -2.11. The zero-order valence-electron chi connectivity index (χ0n) is 11.4. The van der Waals surface area contributed by atoms with Crippen LogP contribution in [0.1, 0.15) is 17.4 Å².